The number of likely N-dealkylation sites (tertiary alicyclic amines) is 1. The molecule has 2 aliphatic rings. The molecule has 0 radical (unpaired) electrons. The normalized spacial score (nSPS) is 21.6. The Balaban J connectivity index is 1.47. The van der Waals surface area contributed by atoms with Crippen LogP contribution in [0.2, 0.25) is 0 Å². The van der Waals surface area contributed by atoms with E-state index < -0.39 is 0 Å². The number of nitrogens with zero attached hydrogens (tertiary/aromatic N) is 4. The number of hydrogen-bond donors (Lipinski definition) is 0. The molecule has 1 fully saturated rings. The number of rotatable bonds is 3. The molecule has 0 N–H and O–H groups in total. The lowest BCUT2D eigenvalue weighted by molar-refractivity contribution is -0.133. The molecular formula is C20H26N4O2. The van der Waals surface area contributed by atoms with Crippen molar-refractivity contribution in [3.8, 4) is 0 Å². The van der Waals surface area contributed by atoms with E-state index in [1.54, 1.807) is 6.07 Å². The van der Waals surface area contributed by atoms with Crippen molar-refractivity contribution in [3.05, 3.63) is 51.2 Å². The minimum absolute atomic E-state index is 0.0829. The van der Waals surface area contributed by atoms with E-state index in [-0.39, 0.29) is 17.4 Å². The van der Waals surface area contributed by atoms with Crippen molar-refractivity contribution in [3.63, 3.8) is 0 Å². The Morgan fingerprint density at radius 2 is 2.04 bits per heavy atom. The van der Waals surface area contributed by atoms with Crippen LogP contribution in [0.5, 0.6) is 0 Å². The third-order valence-corrected chi connectivity index (χ3v) is 6.08. The number of fused-ring (bicyclic) bond motifs is 4. The van der Waals surface area contributed by atoms with Crippen molar-refractivity contribution < 1.29 is 4.79 Å². The van der Waals surface area contributed by atoms with Crippen LogP contribution in [-0.4, -0.2) is 38.2 Å². The van der Waals surface area contributed by atoms with Crippen LogP contribution < -0.4 is 5.56 Å². The van der Waals surface area contributed by atoms with Gasteiger partial charge in [-0.15, -0.1) is 0 Å². The highest BCUT2D eigenvalue weighted by atomic mass is 16.2. The minimum Gasteiger partial charge on any atom is -0.342 e. The van der Waals surface area contributed by atoms with Crippen molar-refractivity contribution in [2.45, 2.75) is 45.6 Å². The monoisotopic (exact) mass is 354 g/mol. The average molecular weight is 354 g/mol. The van der Waals surface area contributed by atoms with Crippen LogP contribution in [0.15, 0.2) is 23.0 Å². The Bertz CT molecular complexity index is 911. The van der Waals surface area contributed by atoms with E-state index in [0.717, 1.165) is 49.6 Å². The number of carbonyl (C=O) groups is 1. The van der Waals surface area contributed by atoms with Gasteiger partial charge in [0.1, 0.15) is 0 Å². The Hall–Kier alpha value is -2.37. The number of aryl methyl sites for hydroxylation is 2. The van der Waals surface area contributed by atoms with Gasteiger partial charge < -0.3 is 9.47 Å². The molecule has 4 rings (SSSR count). The molecule has 6 heteroatoms. The van der Waals surface area contributed by atoms with Crippen molar-refractivity contribution in [2.75, 3.05) is 13.1 Å². The molecule has 1 amide bonds. The molecule has 2 atom stereocenters. The summed E-state index contributed by atoms with van der Waals surface area (Å²) < 4.78 is 3.79. The highest BCUT2D eigenvalue weighted by molar-refractivity contribution is 5.76. The molecule has 1 saturated heterocycles. The lowest BCUT2D eigenvalue weighted by atomic mass is 9.83. The lowest BCUT2D eigenvalue weighted by Crippen LogP contribution is -2.49. The third kappa shape index (κ3) is 2.87. The summed E-state index contributed by atoms with van der Waals surface area (Å²) in [5.41, 5.74) is 4.51. The second-order valence-electron chi connectivity index (χ2n) is 7.77. The smallest absolute Gasteiger partial charge is 0.250 e. The van der Waals surface area contributed by atoms with Gasteiger partial charge >= 0.3 is 0 Å². The van der Waals surface area contributed by atoms with E-state index in [1.807, 2.05) is 40.3 Å². The van der Waals surface area contributed by atoms with Gasteiger partial charge in [0.15, 0.2) is 0 Å². The van der Waals surface area contributed by atoms with E-state index >= 15 is 0 Å². The number of aromatic nitrogens is 3. The van der Waals surface area contributed by atoms with Gasteiger partial charge in [0.05, 0.1) is 5.69 Å². The first kappa shape index (κ1) is 17.1. The van der Waals surface area contributed by atoms with Gasteiger partial charge in [0.2, 0.25) is 5.91 Å². The van der Waals surface area contributed by atoms with Crippen LogP contribution in [0, 0.1) is 19.8 Å². The molecule has 2 aromatic rings. The van der Waals surface area contributed by atoms with E-state index in [4.69, 9.17) is 0 Å². The Morgan fingerprint density at radius 3 is 2.77 bits per heavy atom. The van der Waals surface area contributed by atoms with Crippen LogP contribution in [0.1, 0.15) is 41.4 Å². The molecular weight excluding hydrogens is 328 g/mol. The Labute approximate surface area is 153 Å². The zero-order valence-corrected chi connectivity index (χ0v) is 15.7. The van der Waals surface area contributed by atoms with E-state index in [0.29, 0.717) is 12.3 Å². The van der Waals surface area contributed by atoms with Crippen molar-refractivity contribution in [1.29, 1.82) is 0 Å². The van der Waals surface area contributed by atoms with Crippen LogP contribution in [-0.2, 0) is 24.8 Å². The van der Waals surface area contributed by atoms with Crippen LogP contribution in [0.25, 0.3) is 0 Å². The highest BCUT2D eigenvalue weighted by Gasteiger charge is 2.36. The summed E-state index contributed by atoms with van der Waals surface area (Å²) in [4.78, 5) is 27.0. The van der Waals surface area contributed by atoms with Crippen LogP contribution in [0.3, 0.4) is 0 Å². The molecule has 2 aromatic heterocycles. The summed E-state index contributed by atoms with van der Waals surface area (Å²) >= 11 is 0. The van der Waals surface area contributed by atoms with E-state index in [2.05, 4.69) is 12.0 Å². The predicted octanol–water partition coefficient (Wildman–Crippen LogP) is 1.78. The van der Waals surface area contributed by atoms with E-state index in [1.165, 1.54) is 5.56 Å². The van der Waals surface area contributed by atoms with Crippen molar-refractivity contribution in [2.24, 2.45) is 13.0 Å². The first-order valence-corrected chi connectivity index (χ1v) is 9.40. The number of pyridine rings is 1. The maximum absolute atomic E-state index is 12.8. The topological polar surface area (TPSA) is 60.1 Å². The molecule has 26 heavy (non-hydrogen) atoms. The molecule has 2 bridgehead atoms. The fourth-order valence-corrected chi connectivity index (χ4v) is 4.67. The first-order valence-electron chi connectivity index (χ1n) is 9.40. The zero-order valence-electron chi connectivity index (χ0n) is 15.7. The second-order valence-corrected chi connectivity index (χ2v) is 7.77. The van der Waals surface area contributed by atoms with Crippen LogP contribution in [0.4, 0.5) is 0 Å². The van der Waals surface area contributed by atoms with Crippen molar-refractivity contribution >= 4 is 5.91 Å². The number of piperidine rings is 1. The summed E-state index contributed by atoms with van der Waals surface area (Å²) in [6.45, 7) is 6.29. The maximum Gasteiger partial charge on any atom is 0.250 e. The SMILES string of the molecule is Cc1nn(C)c(C)c1CCC(=O)N1C[C@H]2C[C@@H](C1)c1cccc(=O)n1C2. The zero-order chi connectivity index (χ0) is 18.4. The van der Waals surface area contributed by atoms with Gasteiger partial charge in [-0.05, 0) is 44.2 Å². The highest BCUT2D eigenvalue weighted by Crippen LogP contribution is 2.35. The van der Waals surface area contributed by atoms with Gasteiger partial charge in [-0.1, -0.05) is 6.07 Å². The summed E-state index contributed by atoms with van der Waals surface area (Å²) in [5.74, 6) is 0.878. The fourth-order valence-electron chi connectivity index (χ4n) is 4.67. The first-order chi connectivity index (χ1) is 12.4. The second kappa shape index (κ2) is 6.41. The molecule has 0 aliphatic carbocycles. The van der Waals surface area contributed by atoms with Crippen molar-refractivity contribution in [1.82, 2.24) is 19.2 Å². The summed E-state index contributed by atoms with van der Waals surface area (Å²) in [6.07, 6.45) is 2.34. The number of carbonyl (C=O) groups excluding carboxylic acids is 1. The summed E-state index contributed by atoms with van der Waals surface area (Å²) in [7, 11) is 1.94. The molecule has 0 spiro atoms. The molecule has 0 aromatic carbocycles. The summed E-state index contributed by atoms with van der Waals surface area (Å²) in [6, 6.07) is 5.51. The average Bonchev–Trinajstić information content (AvgIpc) is 2.86. The summed E-state index contributed by atoms with van der Waals surface area (Å²) in [5, 5.41) is 4.44. The van der Waals surface area contributed by atoms with Gasteiger partial charge in [-0.2, -0.15) is 5.10 Å². The standard InChI is InChI=1S/C20H26N4O2/c1-13-17(14(2)22(3)21-13)7-8-19(25)23-10-15-9-16(12-23)18-5-4-6-20(26)24(18)11-15/h4-6,15-16H,7-12H2,1-3H3/t15-,16+/m1/s1. The number of hydrogen-bond acceptors (Lipinski definition) is 3. The minimum atomic E-state index is 0.0829. The fraction of sp³-hybridized carbons (Fsp3) is 0.550. The Morgan fingerprint density at radius 1 is 1.23 bits per heavy atom. The number of amides is 1. The maximum atomic E-state index is 12.8. The van der Waals surface area contributed by atoms with Gasteiger partial charge in [0.25, 0.3) is 5.56 Å². The van der Waals surface area contributed by atoms with Gasteiger partial charge in [0, 0.05) is 56.5 Å². The quantitative estimate of drug-likeness (QED) is 0.844. The van der Waals surface area contributed by atoms with Gasteiger partial charge in [-0.25, -0.2) is 0 Å². The van der Waals surface area contributed by atoms with Crippen LogP contribution >= 0.6 is 0 Å². The molecule has 0 unspecified atom stereocenters. The Kier molecular flexibility index (Phi) is 4.21. The lowest BCUT2D eigenvalue weighted by Gasteiger charge is -2.42. The van der Waals surface area contributed by atoms with Gasteiger partial charge in [-0.3, -0.25) is 14.3 Å². The molecule has 0 saturated carbocycles. The molecule has 138 valence electrons. The largest absolute Gasteiger partial charge is 0.342 e. The predicted molar refractivity (Wildman–Crippen MR) is 99.1 cm³/mol. The molecule has 2 aliphatic heterocycles. The third-order valence-electron chi connectivity index (χ3n) is 6.08. The van der Waals surface area contributed by atoms with E-state index in [9.17, 15) is 9.59 Å². The molecule has 6 nitrogen and oxygen atoms in total. The molecule has 4 heterocycles.